The van der Waals surface area contributed by atoms with Gasteiger partial charge in [-0.2, -0.15) is 4.99 Å². The Morgan fingerprint density at radius 2 is 2.46 bits per heavy atom. The Labute approximate surface area is 76.8 Å². The van der Waals surface area contributed by atoms with Crippen molar-refractivity contribution < 1.29 is 4.79 Å². The topological polar surface area (TPSA) is 79.5 Å². The average Bonchev–Trinajstić information content (AvgIpc) is 2.61. The van der Waals surface area contributed by atoms with Crippen LogP contribution in [0, 0.1) is 5.92 Å². The van der Waals surface area contributed by atoms with Gasteiger partial charge in [0.2, 0.25) is 0 Å². The SMILES string of the molecule is CC1(C2CCNC2)NC(=O)N=C1N. The molecule has 4 N–H and O–H groups in total. The van der Waals surface area contributed by atoms with Crippen LogP contribution >= 0.6 is 0 Å². The fourth-order valence-electron chi connectivity index (χ4n) is 2.00. The van der Waals surface area contributed by atoms with Crippen LogP contribution in [-0.2, 0) is 0 Å². The molecule has 1 fully saturated rings. The third-order valence-electron chi connectivity index (χ3n) is 3.00. The van der Waals surface area contributed by atoms with Crippen LogP contribution < -0.4 is 16.4 Å². The zero-order chi connectivity index (χ0) is 9.47. The van der Waals surface area contributed by atoms with Crippen molar-refractivity contribution in [3.63, 3.8) is 0 Å². The number of hydrogen-bond donors (Lipinski definition) is 3. The molecule has 0 aromatic rings. The van der Waals surface area contributed by atoms with Crippen LogP contribution in [0.5, 0.6) is 0 Å². The smallest absolute Gasteiger partial charge is 0.343 e. The fourth-order valence-corrected chi connectivity index (χ4v) is 2.00. The zero-order valence-corrected chi connectivity index (χ0v) is 7.63. The van der Waals surface area contributed by atoms with E-state index in [0.717, 1.165) is 19.5 Å². The summed E-state index contributed by atoms with van der Waals surface area (Å²) >= 11 is 0. The second-order valence-electron chi connectivity index (χ2n) is 3.82. The molecular formula is C8H14N4O. The van der Waals surface area contributed by atoms with Gasteiger partial charge in [-0.1, -0.05) is 0 Å². The van der Waals surface area contributed by atoms with Gasteiger partial charge >= 0.3 is 6.03 Å². The molecule has 0 saturated carbocycles. The average molecular weight is 182 g/mol. The maximum atomic E-state index is 11.0. The summed E-state index contributed by atoms with van der Waals surface area (Å²) in [6.07, 6.45) is 1.03. The molecule has 2 atom stereocenters. The highest BCUT2D eigenvalue weighted by Crippen LogP contribution is 2.26. The van der Waals surface area contributed by atoms with E-state index >= 15 is 0 Å². The molecule has 0 aromatic heterocycles. The number of urea groups is 1. The lowest BCUT2D eigenvalue weighted by molar-refractivity contribution is 0.241. The minimum atomic E-state index is -0.430. The van der Waals surface area contributed by atoms with Crippen molar-refractivity contribution >= 4 is 11.9 Å². The summed E-state index contributed by atoms with van der Waals surface area (Å²) in [7, 11) is 0. The van der Waals surface area contributed by atoms with E-state index in [-0.39, 0.29) is 6.03 Å². The molecule has 0 aromatic carbocycles. The number of amides is 2. The first-order valence-corrected chi connectivity index (χ1v) is 4.50. The molecular weight excluding hydrogens is 168 g/mol. The quantitative estimate of drug-likeness (QED) is 0.508. The Kier molecular flexibility index (Phi) is 1.76. The normalized spacial score (nSPS) is 39.0. The molecule has 0 bridgehead atoms. The standard InChI is InChI=1S/C8H14N4O/c1-8(5-2-3-10-4-5)6(9)11-7(13)12-8/h5,10H,2-4H2,1H3,(H3,9,11,12,13). The van der Waals surface area contributed by atoms with Crippen molar-refractivity contribution in [3.05, 3.63) is 0 Å². The second kappa shape index (κ2) is 2.70. The second-order valence-corrected chi connectivity index (χ2v) is 3.82. The Balaban J connectivity index is 2.20. The van der Waals surface area contributed by atoms with Crippen molar-refractivity contribution in [1.29, 1.82) is 0 Å². The lowest BCUT2D eigenvalue weighted by Gasteiger charge is -2.30. The Morgan fingerprint density at radius 3 is 2.92 bits per heavy atom. The van der Waals surface area contributed by atoms with E-state index in [9.17, 15) is 4.79 Å². The summed E-state index contributed by atoms with van der Waals surface area (Å²) in [5, 5.41) is 6.06. The van der Waals surface area contributed by atoms with Crippen molar-refractivity contribution in [1.82, 2.24) is 10.6 Å². The molecule has 72 valence electrons. The summed E-state index contributed by atoms with van der Waals surface area (Å²) in [5.41, 5.74) is 5.29. The fraction of sp³-hybridized carbons (Fsp3) is 0.750. The number of rotatable bonds is 1. The predicted molar refractivity (Wildman–Crippen MR) is 49.5 cm³/mol. The number of amidine groups is 1. The Morgan fingerprint density at radius 1 is 1.69 bits per heavy atom. The highest BCUT2D eigenvalue weighted by Gasteiger charge is 2.44. The van der Waals surface area contributed by atoms with Crippen LogP contribution in [0.2, 0.25) is 0 Å². The molecule has 13 heavy (non-hydrogen) atoms. The highest BCUT2D eigenvalue weighted by atomic mass is 16.2. The van der Waals surface area contributed by atoms with E-state index in [1.807, 2.05) is 6.92 Å². The number of nitrogens with zero attached hydrogens (tertiary/aromatic N) is 1. The van der Waals surface area contributed by atoms with Gasteiger partial charge in [-0.15, -0.1) is 0 Å². The molecule has 2 rings (SSSR count). The van der Waals surface area contributed by atoms with E-state index in [1.165, 1.54) is 0 Å². The molecule has 0 aliphatic carbocycles. The van der Waals surface area contributed by atoms with Crippen molar-refractivity contribution in [2.24, 2.45) is 16.6 Å². The van der Waals surface area contributed by atoms with E-state index in [2.05, 4.69) is 15.6 Å². The molecule has 1 saturated heterocycles. The molecule has 2 unspecified atom stereocenters. The van der Waals surface area contributed by atoms with E-state index in [0.29, 0.717) is 11.8 Å². The lowest BCUT2D eigenvalue weighted by Crippen LogP contribution is -2.55. The van der Waals surface area contributed by atoms with E-state index in [4.69, 9.17) is 5.73 Å². The maximum Gasteiger partial charge on any atom is 0.343 e. The van der Waals surface area contributed by atoms with Crippen LogP contribution in [0.25, 0.3) is 0 Å². The Bertz CT molecular complexity index is 269. The van der Waals surface area contributed by atoms with Gasteiger partial charge in [0.1, 0.15) is 11.4 Å². The predicted octanol–water partition coefficient (Wildman–Crippen LogP) is -0.565. The van der Waals surface area contributed by atoms with Crippen molar-refractivity contribution in [3.8, 4) is 0 Å². The van der Waals surface area contributed by atoms with Gasteiger partial charge in [-0.25, -0.2) is 4.79 Å². The van der Waals surface area contributed by atoms with Gasteiger partial charge in [-0.05, 0) is 19.9 Å². The van der Waals surface area contributed by atoms with Crippen LogP contribution in [0.4, 0.5) is 4.79 Å². The first kappa shape index (κ1) is 8.50. The van der Waals surface area contributed by atoms with Gasteiger partial charge in [0.15, 0.2) is 0 Å². The summed E-state index contributed by atoms with van der Waals surface area (Å²) in [4.78, 5) is 14.7. The monoisotopic (exact) mass is 182 g/mol. The number of carbonyl (C=O) groups excluding carboxylic acids is 1. The van der Waals surface area contributed by atoms with Crippen LogP contribution in [0.15, 0.2) is 4.99 Å². The van der Waals surface area contributed by atoms with Crippen molar-refractivity contribution in [2.45, 2.75) is 18.9 Å². The first-order valence-electron chi connectivity index (χ1n) is 4.50. The van der Waals surface area contributed by atoms with E-state index in [1.54, 1.807) is 0 Å². The van der Waals surface area contributed by atoms with Gasteiger partial charge in [0.05, 0.1) is 0 Å². The van der Waals surface area contributed by atoms with Crippen molar-refractivity contribution in [2.75, 3.05) is 13.1 Å². The van der Waals surface area contributed by atoms with Gasteiger partial charge in [-0.3, -0.25) is 0 Å². The van der Waals surface area contributed by atoms with Gasteiger partial charge < -0.3 is 16.4 Å². The summed E-state index contributed by atoms with van der Waals surface area (Å²) < 4.78 is 0. The number of aliphatic imine (C=N–C) groups is 1. The molecule has 0 spiro atoms. The van der Waals surface area contributed by atoms with Gasteiger partial charge in [0, 0.05) is 12.5 Å². The molecule has 2 amide bonds. The minimum Gasteiger partial charge on any atom is -0.385 e. The summed E-state index contributed by atoms with van der Waals surface area (Å²) in [6, 6.07) is -0.313. The van der Waals surface area contributed by atoms with Crippen LogP contribution in [-0.4, -0.2) is 30.5 Å². The third-order valence-corrected chi connectivity index (χ3v) is 3.00. The molecule has 5 nitrogen and oxygen atoms in total. The first-order chi connectivity index (χ1) is 6.13. The number of nitrogens with one attached hydrogen (secondary N) is 2. The number of hydrogen-bond acceptors (Lipinski definition) is 3. The summed E-state index contributed by atoms with van der Waals surface area (Å²) in [5.74, 6) is 0.786. The van der Waals surface area contributed by atoms with E-state index < -0.39 is 5.54 Å². The number of carbonyl (C=O) groups is 1. The molecule has 0 radical (unpaired) electrons. The van der Waals surface area contributed by atoms with Crippen LogP contribution in [0.3, 0.4) is 0 Å². The Hall–Kier alpha value is -1.10. The molecule has 2 aliphatic heterocycles. The third kappa shape index (κ3) is 1.19. The summed E-state index contributed by atoms with van der Waals surface area (Å²) in [6.45, 7) is 3.82. The van der Waals surface area contributed by atoms with Crippen LogP contribution in [0.1, 0.15) is 13.3 Å². The maximum absolute atomic E-state index is 11.0. The molecule has 5 heteroatoms. The highest BCUT2D eigenvalue weighted by molar-refractivity contribution is 6.05. The number of nitrogens with two attached hydrogens (primary N) is 1. The molecule has 2 aliphatic rings. The molecule has 2 heterocycles. The zero-order valence-electron chi connectivity index (χ0n) is 7.63. The minimum absolute atomic E-state index is 0.313. The van der Waals surface area contributed by atoms with Gasteiger partial charge in [0.25, 0.3) is 0 Å². The largest absolute Gasteiger partial charge is 0.385 e. The lowest BCUT2D eigenvalue weighted by atomic mass is 9.84.